The van der Waals surface area contributed by atoms with Crippen molar-refractivity contribution in [3.05, 3.63) is 58.0 Å². The summed E-state index contributed by atoms with van der Waals surface area (Å²) in [5.74, 6) is 0.909. The van der Waals surface area contributed by atoms with Crippen LogP contribution in [0.25, 0.3) is 0 Å². The molecule has 6 nitrogen and oxygen atoms in total. The van der Waals surface area contributed by atoms with E-state index in [0.717, 1.165) is 0 Å². The number of aliphatic hydroxyl groups is 1. The topological polar surface area (TPSA) is 84.5 Å². The Morgan fingerprint density at radius 3 is 2.75 bits per heavy atom. The first-order chi connectivity index (χ1) is 11.3. The Morgan fingerprint density at radius 2 is 2.08 bits per heavy atom. The van der Waals surface area contributed by atoms with Gasteiger partial charge in [-0.2, -0.15) is 5.26 Å². The Kier molecular flexibility index (Phi) is 3.82. The van der Waals surface area contributed by atoms with E-state index < -0.39 is 17.8 Å². The van der Waals surface area contributed by atoms with Gasteiger partial charge in [-0.05, 0) is 38.1 Å². The minimum absolute atomic E-state index is 0.209. The molecule has 0 radical (unpaired) electrons. The molecule has 24 heavy (non-hydrogen) atoms. The van der Waals surface area contributed by atoms with Gasteiger partial charge in [-0.25, -0.2) is 0 Å². The van der Waals surface area contributed by atoms with Crippen molar-refractivity contribution in [3.63, 3.8) is 0 Å². The molecule has 0 spiro atoms. The highest BCUT2D eigenvalue weighted by atomic mass is 16.5. The molecule has 124 valence electrons. The monoisotopic (exact) mass is 326 g/mol. The van der Waals surface area contributed by atoms with Crippen LogP contribution in [0.15, 0.2) is 41.3 Å². The Balaban J connectivity index is 2.06. The van der Waals surface area contributed by atoms with Crippen LogP contribution in [-0.2, 0) is 7.05 Å². The van der Waals surface area contributed by atoms with Crippen molar-refractivity contribution in [3.8, 4) is 17.6 Å². The lowest BCUT2D eigenvalue weighted by Gasteiger charge is -2.41. The summed E-state index contributed by atoms with van der Waals surface area (Å²) in [5.41, 5.74) is -0.0475. The Hall–Kier alpha value is -2.78. The van der Waals surface area contributed by atoms with Gasteiger partial charge in [-0.1, -0.05) is 0 Å². The van der Waals surface area contributed by atoms with E-state index in [0.29, 0.717) is 22.6 Å². The molecule has 6 heteroatoms. The maximum absolute atomic E-state index is 11.8. The third-order valence-corrected chi connectivity index (χ3v) is 4.16. The summed E-state index contributed by atoms with van der Waals surface area (Å²) in [7, 11) is 1.65. The van der Waals surface area contributed by atoms with Gasteiger partial charge in [0.1, 0.15) is 23.2 Å². The van der Waals surface area contributed by atoms with Gasteiger partial charge in [-0.3, -0.25) is 4.79 Å². The van der Waals surface area contributed by atoms with E-state index in [2.05, 4.69) is 6.07 Å². The number of hydrogen-bond acceptors (Lipinski definition) is 5. The molecule has 3 rings (SSSR count). The molecule has 1 N–H and O–H groups in total. The molecule has 1 aromatic heterocycles. The number of hydrogen-bond donors (Lipinski definition) is 1. The van der Waals surface area contributed by atoms with Crippen molar-refractivity contribution in [2.24, 2.45) is 7.05 Å². The smallest absolute Gasteiger partial charge is 0.253 e. The zero-order valence-electron chi connectivity index (χ0n) is 13.7. The third-order valence-electron chi connectivity index (χ3n) is 4.16. The van der Waals surface area contributed by atoms with Crippen LogP contribution in [0.2, 0.25) is 0 Å². The lowest BCUT2D eigenvalue weighted by molar-refractivity contribution is -0.103. The first kappa shape index (κ1) is 16.1. The average molecular weight is 326 g/mol. The summed E-state index contributed by atoms with van der Waals surface area (Å²) in [6.45, 7) is 3.53. The van der Waals surface area contributed by atoms with Crippen molar-refractivity contribution in [2.75, 3.05) is 0 Å². The van der Waals surface area contributed by atoms with Crippen LogP contribution in [0.1, 0.15) is 31.1 Å². The normalized spacial score (nSPS) is 21.3. The predicted octanol–water partition coefficient (Wildman–Crippen LogP) is 1.91. The number of aliphatic hydroxyl groups excluding tert-OH is 1. The standard InChI is InChI=1S/C18H18N2O4/c1-18(2)17(22)16(23-12-6-7-20(3)15(21)9-12)13-8-11(10-19)4-5-14(13)24-18/h4-9,16-17,22H,1-3H3. The van der Waals surface area contributed by atoms with Crippen molar-refractivity contribution in [1.82, 2.24) is 4.57 Å². The van der Waals surface area contributed by atoms with E-state index in [1.165, 1.54) is 10.6 Å². The molecule has 0 aliphatic carbocycles. The highest BCUT2D eigenvalue weighted by Crippen LogP contribution is 2.42. The van der Waals surface area contributed by atoms with Gasteiger partial charge in [0.2, 0.25) is 0 Å². The van der Waals surface area contributed by atoms with Crippen LogP contribution in [-0.4, -0.2) is 21.4 Å². The van der Waals surface area contributed by atoms with E-state index in [9.17, 15) is 9.90 Å². The van der Waals surface area contributed by atoms with Gasteiger partial charge in [0, 0.05) is 24.9 Å². The molecule has 0 fully saturated rings. The number of ether oxygens (including phenoxy) is 2. The lowest BCUT2D eigenvalue weighted by atomic mass is 9.87. The van der Waals surface area contributed by atoms with Gasteiger partial charge in [0.05, 0.1) is 11.6 Å². The molecule has 2 aromatic rings. The van der Waals surface area contributed by atoms with E-state index >= 15 is 0 Å². The highest BCUT2D eigenvalue weighted by molar-refractivity contribution is 5.46. The fourth-order valence-electron chi connectivity index (χ4n) is 2.69. The van der Waals surface area contributed by atoms with E-state index in [4.69, 9.17) is 14.7 Å². The summed E-state index contributed by atoms with van der Waals surface area (Å²) in [4.78, 5) is 11.8. The van der Waals surface area contributed by atoms with Crippen LogP contribution in [0.3, 0.4) is 0 Å². The maximum Gasteiger partial charge on any atom is 0.253 e. The number of nitriles is 1. The molecule has 1 aliphatic heterocycles. The Morgan fingerprint density at radius 1 is 1.33 bits per heavy atom. The lowest BCUT2D eigenvalue weighted by Crippen LogP contribution is -2.50. The van der Waals surface area contributed by atoms with Gasteiger partial charge in [0.25, 0.3) is 5.56 Å². The SMILES string of the molecule is Cn1ccc(OC2c3cc(C#N)ccc3OC(C)(C)C2O)cc1=O. The maximum atomic E-state index is 11.8. The average Bonchev–Trinajstić information content (AvgIpc) is 2.54. The predicted molar refractivity (Wildman–Crippen MR) is 86.9 cm³/mol. The van der Waals surface area contributed by atoms with Gasteiger partial charge in [0.15, 0.2) is 6.10 Å². The van der Waals surface area contributed by atoms with Gasteiger partial charge >= 0.3 is 0 Å². The quantitative estimate of drug-likeness (QED) is 0.911. The second kappa shape index (κ2) is 5.69. The third kappa shape index (κ3) is 2.74. The van der Waals surface area contributed by atoms with Crippen LogP contribution >= 0.6 is 0 Å². The summed E-state index contributed by atoms with van der Waals surface area (Å²) in [6, 6.07) is 10.1. The van der Waals surface area contributed by atoms with E-state index in [-0.39, 0.29) is 5.56 Å². The fourth-order valence-corrected chi connectivity index (χ4v) is 2.69. The number of pyridine rings is 1. The first-order valence-electron chi connectivity index (χ1n) is 7.56. The molecule has 0 bridgehead atoms. The van der Waals surface area contributed by atoms with Crippen LogP contribution in [0.4, 0.5) is 0 Å². The van der Waals surface area contributed by atoms with Crippen LogP contribution < -0.4 is 15.0 Å². The molecule has 0 amide bonds. The molecular weight excluding hydrogens is 308 g/mol. The number of benzene rings is 1. The zero-order chi connectivity index (χ0) is 17.5. The van der Waals surface area contributed by atoms with E-state index in [1.807, 2.05) is 0 Å². The van der Waals surface area contributed by atoms with Crippen LogP contribution in [0, 0.1) is 11.3 Å². The number of fused-ring (bicyclic) bond motifs is 1. The number of rotatable bonds is 2. The highest BCUT2D eigenvalue weighted by Gasteiger charge is 2.44. The van der Waals surface area contributed by atoms with Gasteiger partial charge < -0.3 is 19.1 Å². The number of aromatic nitrogens is 1. The summed E-state index contributed by atoms with van der Waals surface area (Å²) >= 11 is 0. The molecule has 0 saturated heterocycles. The second-order valence-electron chi connectivity index (χ2n) is 6.36. The fraction of sp³-hybridized carbons (Fsp3) is 0.333. The van der Waals surface area contributed by atoms with E-state index in [1.54, 1.807) is 51.4 Å². The number of aryl methyl sites for hydroxylation is 1. The largest absolute Gasteiger partial charge is 0.485 e. The van der Waals surface area contributed by atoms with Crippen LogP contribution in [0.5, 0.6) is 11.5 Å². The molecule has 1 aliphatic rings. The molecule has 0 saturated carbocycles. The summed E-state index contributed by atoms with van der Waals surface area (Å²) in [5, 5.41) is 19.8. The van der Waals surface area contributed by atoms with Crippen molar-refractivity contribution >= 4 is 0 Å². The zero-order valence-corrected chi connectivity index (χ0v) is 13.7. The molecule has 2 unspecified atom stereocenters. The first-order valence-corrected chi connectivity index (χ1v) is 7.56. The number of nitrogens with zero attached hydrogens (tertiary/aromatic N) is 2. The Bertz CT molecular complexity index is 879. The Labute approximate surface area is 139 Å². The van der Waals surface area contributed by atoms with Crippen molar-refractivity contribution in [2.45, 2.75) is 31.7 Å². The molecule has 2 heterocycles. The molecule has 1 aromatic carbocycles. The van der Waals surface area contributed by atoms with Gasteiger partial charge in [-0.15, -0.1) is 0 Å². The summed E-state index contributed by atoms with van der Waals surface area (Å²) < 4.78 is 13.2. The summed E-state index contributed by atoms with van der Waals surface area (Å²) in [6.07, 6.45) is -0.117. The van der Waals surface area contributed by atoms with Crippen molar-refractivity contribution < 1.29 is 14.6 Å². The van der Waals surface area contributed by atoms with Crippen molar-refractivity contribution in [1.29, 1.82) is 5.26 Å². The minimum Gasteiger partial charge on any atom is -0.485 e. The second-order valence-corrected chi connectivity index (χ2v) is 6.36. The minimum atomic E-state index is -0.969. The molecular formula is C18H18N2O4. The molecule has 2 atom stereocenters.